The molecule has 0 aliphatic rings. The Kier molecular flexibility index (Phi) is 7.85. The summed E-state index contributed by atoms with van der Waals surface area (Å²) in [5.74, 6) is 0.399. The van der Waals surface area contributed by atoms with Crippen LogP contribution in [0.2, 0.25) is 0 Å². The number of nitrogens with zero attached hydrogens (tertiary/aromatic N) is 2. The molecular formula is C14H22I2N2O2S. The molecule has 1 rings (SSSR count). The second-order valence-electron chi connectivity index (χ2n) is 5.46. The number of rotatable bonds is 7. The van der Waals surface area contributed by atoms with E-state index in [-0.39, 0.29) is 0 Å². The maximum atomic E-state index is 12.5. The molecule has 0 aliphatic heterocycles. The quantitative estimate of drug-likeness (QED) is 0.388. The zero-order chi connectivity index (χ0) is 16.2. The average Bonchev–Trinajstić information content (AvgIpc) is 2.44. The van der Waals surface area contributed by atoms with E-state index in [1.807, 2.05) is 35.0 Å². The lowest BCUT2D eigenvalue weighted by Crippen LogP contribution is -2.31. The second kappa shape index (κ2) is 8.42. The molecule has 21 heavy (non-hydrogen) atoms. The molecule has 1 aromatic rings. The van der Waals surface area contributed by atoms with E-state index in [4.69, 9.17) is 0 Å². The Morgan fingerprint density at radius 2 is 1.52 bits per heavy atom. The zero-order valence-electron chi connectivity index (χ0n) is 12.8. The van der Waals surface area contributed by atoms with Crippen LogP contribution in [0.25, 0.3) is 0 Å². The normalized spacial score (nSPS) is 12.9. The summed E-state index contributed by atoms with van der Waals surface area (Å²) in [5.41, 5.74) is 1.15. The molecular weight excluding hydrogens is 514 g/mol. The Hall–Kier alpha value is 0.550. The van der Waals surface area contributed by atoms with Gasteiger partial charge in [0.15, 0.2) is 0 Å². The van der Waals surface area contributed by atoms with Gasteiger partial charge >= 0.3 is 0 Å². The number of hydrogen-bond donors (Lipinski definition) is 0. The number of benzene rings is 1. The van der Waals surface area contributed by atoms with Gasteiger partial charge in [0.2, 0.25) is 0 Å². The van der Waals surface area contributed by atoms with Crippen LogP contribution in [0.5, 0.6) is 0 Å². The lowest BCUT2D eigenvalue weighted by Gasteiger charge is -2.21. The van der Waals surface area contributed by atoms with Crippen LogP contribution >= 0.6 is 45.7 Å². The van der Waals surface area contributed by atoms with Crippen molar-refractivity contribution < 1.29 is 8.42 Å². The zero-order valence-corrected chi connectivity index (χ0v) is 17.9. The SMILES string of the molecule is CC(C)c1ccc(S(=O)(=O)N(I)CCN(I)C(C)C)cc1. The molecule has 0 bridgehead atoms. The number of sulfonamides is 1. The van der Waals surface area contributed by atoms with Crippen LogP contribution in [0.3, 0.4) is 0 Å². The van der Waals surface area contributed by atoms with Gasteiger partial charge in [0.05, 0.1) is 4.90 Å². The fourth-order valence-corrected chi connectivity index (χ4v) is 3.84. The average molecular weight is 536 g/mol. The number of hydrogen-bond acceptors (Lipinski definition) is 3. The van der Waals surface area contributed by atoms with Crippen molar-refractivity contribution in [1.29, 1.82) is 0 Å². The summed E-state index contributed by atoms with van der Waals surface area (Å²) < 4.78 is 28.5. The first kappa shape index (κ1) is 19.6. The van der Waals surface area contributed by atoms with Crippen molar-refractivity contribution >= 4 is 55.8 Å². The van der Waals surface area contributed by atoms with Crippen LogP contribution in [0.4, 0.5) is 0 Å². The van der Waals surface area contributed by atoms with Gasteiger partial charge in [0, 0.05) is 64.9 Å². The van der Waals surface area contributed by atoms with E-state index in [1.54, 1.807) is 12.1 Å². The van der Waals surface area contributed by atoms with Crippen LogP contribution in [0, 0.1) is 0 Å². The molecule has 0 fully saturated rings. The van der Waals surface area contributed by atoms with Gasteiger partial charge in [0.25, 0.3) is 10.0 Å². The van der Waals surface area contributed by atoms with E-state index in [2.05, 4.69) is 53.7 Å². The molecule has 0 aromatic heterocycles. The highest BCUT2D eigenvalue weighted by Gasteiger charge is 2.23. The molecule has 0 radical (unpaired) electrons. The summed E-state index contributed by atoms with van der Waals surface area (Å²) >= 11 is 4.11. The third-order valence-electron chi connectivity index (χ3n) is 3.16. The van der Waals surface area contributed by atoms with Gasteiger partial charge in [-0.2, -0.15) is 0 Å². The Bertz CT molecular complexity index is 545. The molecule has 0 amide bonds. The first-order valence-corrected chi connectivity index (χ1v) is 10.2. The summed E-state index contributed by atoms with van der Waals surface area (Å²) in [5, 5.41) is 0. The van der Waals surface area contributed by atoms with Crippen molar-refractivity contribution in [3.8, 4) is 0 Å². The predicted molar refractivity (Wildman–Crippen MR) is 104 cm³/mol. The van der Waals surface area contributed by atoms with Gasteiger partial charge in [-0.3, -0.25) is 0 Å². The van der Waals surface area contributed by atoms with Gasteiger partial charge in [-0.15, -0.1) is 2.52 Å². The van der Waals surface area contributed by atoms with Gasteiger partial charge in [-0.05, 0) is 37.5 Å². The molecule has 0 spiro atoms. The van der Waals surface area contributed by atoms with Crippen LogP contribution in [0.1, 0.15) is 39.2 Å². The summed E-state index contributed by atoms with van der Waals surface area (Å²) in [6.07, 6.45) is 0. The summed E-state index contributed by atoms with van der Waals surface area (Å²) in [4.78, 5) is 0.353. The van der Waals surface area contributed by atoms with Crippen LogP contribution < -0.4 is 0 Å². The lowest BCUT2D eigenvalue weighted by molar-refractivity contribution is 0.416. The monoisotopic (exact) mass is 536 g/mol. The Balaban J connectivity index is 2.80. The molecule has 1 aromatic carbocycles. The third kappa shape index (κ3) is 5.60. The predicted octanol–water partition coefficient (Wildman–Crippen LogP) is 4.21. The second-order valence-corrected chi connectivity index (χ2v) is 10.4. The highest BCUT2D eigenvalue weighted by molar-refractivity contribution is 14.1. The third-order valence-corrected chi connectivity index (χ3v) is 8.36. The minimum atomic E-state index is -3.41. The molecule has 0 N–H and O–H groups in total. The molecule has 0 unspecified atom stereocenters. The Labute approximate surface area is 156 Å². The lowest BCUT2D eigenvalue weighted by atomic mass is 10.0. The minimum absolute atomic E-state index is 0.353. The van der Waals surface area contributed by atoms with E-state index in [0.29, 0.717) is 29.9 Å². The van der Waals surface area contributed by atoms with Crippen LogP contribution in [0.15, 0.2) is 29.2 Å². The van der Waals surface area contributed by atoms with Gasteiger partial charge in [0.1, 0.15) is 0 Å². The van der Waals surface area contributed by atoms with E-state index in [0.717, 1.165) is 5.56 Å². The van der Waals surface area contributed by atoms with Crippen molar-refractivity contribution in [3.05, 3.63) is 29.8 Å². The summed E-state index contributed by atoms with van der Waals surface area (Å²) in [6, 6.07) is 7.56. The van der Waals surface area contributed by atoms with Crippen molar-refractivity contribution in [2.24, 2.45) is 0 Å². The smallest absolute Gasteiger partial charge is 0.244 e. The minimum Gasteiger partial charge on any atom is -0.244 e. The molecule has 120 valence electrons. The fraction of sp³-hybridized carbons (Fsp3) is 0.571. The van der Waals surface area contributed by atoms with Crippen molar-refractivity contribution in [1.82, 2.24) is 5.63 Å². The molecule has 4 nitrogen and oxygen atoms in total. The van der Waals surface area contributed by atoms with E-state index in [1.165, 1.54) is 2.52 Å². The summed E-state index contributed by atoms with van der Waals surface area (Å²) in [7, 11) is -3.41. The van der Waals surface area contributed by atoms with Crippen LogP contribution in [-0.4, -0.2) is 33.2 Å². The molecule has 0 atom stereocenters. The maximum Gasteiger partial charge on any atom is 0.251 e. The van der Waals surface area contributed by atoms with Crippen molar-refractivity contribution in [2.75, 3.05) is 13.1 Å². The van der Waals surface area contributed by atoms with E-state index < -0.39 is 10.0 Å². The van der Waals surface area contributed by atoms with Crippen LogP contribution in [-0.2, 0) is 10.0 Å². The topological polar surface area (TPSA) is 40.6 Å². The first-order valence-electron chi connectivity index (χ1n) is 6.87. The van der Waals surface area contributed by atoms with E-state index in [9.17, 15) is 8.42 Å². The largest absolute Gasteiger partial charge is 0.251 e. The molecule has 0 saturated carbocycles. The number of halogens is 2. The van der Waals surface area contributed by atoms with Gasteiger partial charge < -0.3 is 0 Å². The first-order chi connectivity index (χ1) is 9.66. The van der Waals surface area contributed by atoms with E-state index >= 15 is 0 Å². The Morgan fingerprint density at radius 3 is 1.95 bits per heavy atom. The highest BCUT2D eigenvalue weighted by Crippen LogP contribution is 2.22. The standard InChI is InChI=1S/C14H22I2N2O2S/c1-11(2)13-5-7-14(8-6-13)21(19,20)18(16)10-9-17(15)12(3)4/h5-8,11-12H,9-10H2,1-4H3. The highest BCUT2D eigenvalue weighted by atomic mass is 127. The van der Waals surface area contributed by atoms with Gasteiger partial charge in [-0.1, -0.05) is 26.0 Å². The fourth-order valence-electron chi connectivity index (χ4n) is 1.69. The van der Waals surface area contributed by atoms with Gasteiger partial charge in [-0.25, -0.2) is 11.5 Å². The molecule has 0 saturated heterocycles. The molecule has 0 heterocycles. The summed E-state index contributed by atoms with van der Waals surface area (Å²) in [6.45, 7) is 9.52. The van der Waals surface area contributed by atoms with Crippen molar-refractivity contribution in [3.63, 3.8) is 0 Å². The Morgan fingerprint density at radius 1 is 1.00 bits per heavy atom. The maximum absolute atomic E-state index is 12.5. The molecule has 0 aliphatic carbocycles. The van der Waals surface area contributed by atoms with Crippen molar-refractivity contribution in [2.45, 2.75) is 44.6 Å². The molecule has 7 heteroatoms.